The Labute approximate surface area is 264 Å². The summed E-state index contributed by atoms with van der Waals surface area (Å²) >= 11 is 12.8. The van der Waals surface area contributed by atoms with E-state index in [-0.39, 0.29) is 28.6 Å². The van der Waals surface area contributed by atoms with E-state index in [0.29, 0.717) is 46.0 Å². The SMILES string of the molecule is CC(C)N1C=C([C@@H](Nc2cc(Cl)c3ncc(C#N)c(Nc4ccc(F)c(Cl)c4)c3c2)c2cccc(N3CCCC3=O)c2)NN1. The number of pyridine rings is 1. The second-order valence-electron chi connectivity index (χ2n) is 10.9. The highest BCUT2D eigenvalue weighted by Crippen LogP contribution is 2.38. The molecule has 2 aliphatic rings. The van der Waals surface area contributed by atoms with Gasteiger partial charge in [-0.15, -0.1) is 5.53 Å². The molecule has 9 nitrogen and oxygen atoms in total. The fourth-order valence-corrected chi connectivity index (χ4v) is 5.80. The number of rotatable bonds is 8. The normalized spacial score (nSPS) is 15.4. The van der Waals surface area contributed by atoms with E-state index in [1.807, 2.05) is 46.4 Å². The first-order valence-corrected chi connectivity index (χ1v) is 14.9. The second kappa shape index (κ2) is 12.2. The monoisotopic (exact) mass is 630 g/mol. The maximum Gasteiger partial charge on any atom is 0.227 e. The zero-order chi connectivity index (χ0) is 31.0. The van der Waals surface area contributed by atoms with E-state index < -0.39 is 5.82 Å². The molecule has 4 N–H and O–H groups in total. The van der Waals surface area contributed by atoms with Gasteiger partial charge in [-0.05, 0) is 68.3 Å². The Morgan fingerprint density at radius 2 is 1.91 bits per heavy atom. The number of halogens is 3. The Balaban J connectivity index is 1.43. The predicted octanol–water partition coefficient (Wildman–Crippen LogP) is 7.15. The van der Waals surface area contributed by atoms with Gasteiger partial charge in [0.05, 0.1) is 38.6 Å². The topological polar surface area (TPSA) is 108 Å². The predicted molar refractivity (Wildman–Crippen MR) is 172 cm³/mol. The van der Waals surface area contributed by atoms with E-state index in [4.69, 9.17) is 23.2 Å². The van der Waals surface area contributed by atoms with Gasteiger partial charge in [0.2, 0.25) is 5.91 Å². The van der Waals surface area contributed by atoms with Crippen LogP contribution in [0.15, 0.2) is 72.7 Å². The molecule has 0 unspecified atom stereocenters. The van der Waals surface area contributed by atoms with Crippen molar-refractivity contribution in [1.82, 2.24) is 21.0 Å². The summed E-state index contributed by atoms with van der Waals surface area (Å²) in [5.74, 6) is -0.432. The number of carbonyl (C=O) groups excluding carboxylic acids is 1. The average Bonchev–Trinajstić information content (AvgIpc) is 3.68. The van der Waals surface area contributed by atoms with Crippen molar-refractivity contribution < 1.29 is 9.18 Å². The lowest BCUT2D eigenvalue weighted by Gasteiger charge is -2.24. The Morgan fingerprint density at radius 3 is 2.61 bits per heavy atom. The van der Waals surface area contributed by atoms with Gasteiger partial charge in [-0.2, -0.15) is 5.26 Å². The number of fused-ring (bicyclic) bond motifs is 1. The fourth-order valence-electron chi connectivity index (χ4n) is 5.35. The van der Waals surface area contributed by atoms with Crippen LogP contribution in [0.5, 0.6) is 0 Å². The van der Waals surface area contributed by atoms with Gasteiger partial charge in [0.1, 0.15) is 11.9 Å². The number of hydrazine groups is 2. The van der Waals surface area contributed by atoms with E-state index in [9.17, 15) is 14.4 Å². The Bertz CT molecular complexity index is 1840. The van der Waals surface area contributed by atoms with Crippen LogP contribution >= 0.6 is 23.2 Å². The van der Waals surface area contributed by atoms with Gasteiger partial charge in [0.25, 0.3) is 0 Å². The highest BCUT2D eigenvalue weighted by molar-refractivity contribution is 6.36. The third-order valence-electron chi connectivity index (χ3n) is 7.61. The van der Waals surface area contributed by atoms with Gasteiger partial charge in [-0.25, -0.2) is 4.39 Å². The maximum atomic E-state index is 13.8. The van der Waals surface area contributed by atoms with Gasteiger partial charge in [0, 0.05) is 53.9 Å². The number of hydrogen-bond acceptors (Lipinski definition) is 8. The van der Waals surface area contributed by atoms with Crippen LogP contribution in [0.4, 0.5) is 27.1 Å². The van der Waals surface area contributed by atoms with Crippen molar-refractivity contribution in [3.8, 4) is 6.07 Å². The number of hydrogen-bond donors (Lipinski definition) is 4. The third-order valence-corrected chi connectivity index (χ3v) is 8.19. The lowest BCUT2D eigenvalue weighted by molar-refractivity contribution is -0.117. The van der Waals surface area contributed by atoms with Gasteiger partial charge in [0.15, 0.2) is 0 Å². The summed E-state index contributed by atoms with van der Waals surface area (Å²) in [6, 6.07) is 17.8. The standard InChI is InChI=1S/C32H29Cl2FN8O/c1-18(2)43-17-28(40-41-43)31(19-5-3-6-23(11-19)42-10-4-7-29(42)44)39-22-12-24-30(38-21-8-9-27(35)25(33)13-21)20(15-36)16-37-32(24)26(34)14-22/h3,5-6,8-9,11-14,16-18,31,39-41H,4,7,10H2,1-2H3,(H,37,38)/t31-/m0/s1. The number of nitrogens with zero attached hydrogens (tertiary/aromatic N) is 4. The number of amides is 1. The summed E-state index contributed by atoms with van der Waals surface area (Å²) in [6.45, 7) is 4.83. The van der Waals surface area contributed by atoms with Crippen LogP contribution in [0, 0.1) is 17.1 Å². The van der Waals surface area contributed by atoms with E-state index in [1.165, 1.54) is 24.4 Å². The molecule has 12 heteroatoms. The van der Waals surface area contributed by atoms with Crippen molar-refractivity contribution >= 4 is 62.8 Å². The molecule has 1 amide bonds. The van der Waals surface area contributed by atoms with E-state index >= 15 is 0 Å². The molecule has 0 aliphatic carbocycles. The van der Waals surface area contributed by atoms with E-state index in [1.54, 1.807) is 6.07 Å². The quantitative estimate of drug-likeness (QED) is 0.162. The Kier molecular flexibility index (Phi) is 8.19. The number of anilines is 4. The Morgan fingerprint density at radius 1 is 1.09 bits per heavy atom. The van der Waals surface area contributed by atoms with Crippen LogP contribution in [0.2, 0.25) is 10.0 Å². The minimum absolute atomic E-state index is 0.0469. The Hall–Kier alpha value is -4.56. The van der Waals surface area contributed by atoms with Crippen molar-refractivity contribution in [2.75, 3.05) is 22.1 Å². The number of nitrogens with one attached hydrogen (secondary N) is 4. The molecule has 1 atom stereocenters. The molecular weight excluding hydrogens is 602 g/mol. The molecule has 1 fully saturated rings. The third kappa shape index (κ3) is 5.82. The van der Waals surface area contributed by atoms with Crippen LogP contribution in [-0.4, -0.2) is 28.5 Å². The van der Waals surface area contributed by atoms with Gasteiger partial charge in [-0.3, -0.25) is 14.8 Å². The highest BCUT2D eigenvalue weighted by Gasteiger charge is 2.27. The first-order chi connectivity index (χ1) is 21.2. The van der Waals surface area contributed by atoms with Crippen molar-refractivity contribution in [2.24, 2.45) is 0 Å². The lowest BCUT2D eigenvalue weighted by atomic mass is 10.0. The van der Waals surface area contributed by atoms with Crippen LogP contribution in [0.1, 0.15) is 43.9 Å². The van der Waals surface area contributed by atoms with Gasteiger partial charge < -0.3 is 21.0 Å². The zero-order valence-corrected chi connectivity index (χ0v) is 25.5. The van der Waals surface area contributed by atoms with Crippen LogP contribution < -0.4 is 26.5 Å². The summed E-state index contributed by atoms with van der Waals surface area (Å²) in [6.07, 6.45) is 4.82. The first-order valence-electron chi connectivity index (χ1n) is 14.1. The molecule has 3 aromatic carbocycles. The van der Waals surface area contributed by atoms with E-state index in [2.05, 4.69) is 46.5 Å². The van der Waals surface area contributed by atoms with Crippen molar-refractivity contribution in [3.05, 3.63) is 99.7 Å². The fraction of sp³-hybridized carbons (Fsp3) is 0.219. The van der Waals surface area contributed by atoms with E-state index in [0.717, 1.165) is 23.4 Å². The average molecular weight is 632 g/mol. The molecule has 224 valence electrons. The minimum atomic E-state index is -0.545. The first kappa shape index (κ1) is 29.5. The summed E-state index contributed by atoms with van der Waals surface area (Å²) in [4.78, 5) is 18.8. The number of aromatic nitrogens is 1. The molecule has 44 heavy (non-hydrogen) atoms. The van der Waals surface area contributed by atoms with Crippen LogP contribution in [0.25, 0.3) is 10.9 Å². The number of carbonyl (C=O) groups is 1. The molecule has 6 rings (SSSR count). The van der Waals surface area contributed by atoms with Crippen LogP contribution in [0.3, 0.4) is 0 Å². The zero-order valence-electron chi connectivity index (χ0n) is 24.0. The molecule has 0 spiro atoms. The van der Waals surface area contributed by atoms with Crippen LogP contribution in [-0.2, 0) is 4.79 Å². The molecule has 0 radical (unpaired) electrons. The molecule has 3 heterocycles. The second-order valence-corrected chi connectivity index (χ2v) is 11.7. The largest absolute Gasteiger partial charge is 0.373 e. The number of benzene rings is 3. The minimum Gasteiger partial charge on any atom is -0.373 e. The summed E-state index contributed by atoms with van der Waals surface area (Å²) in [5, 5.41) is 19.6. The number of nitriles is 1. The molecule has 2 aliphatic heterocycles. The van der Waals surface area contributed by atoms with Crippen molar-refractivity contribution in [2.45, 2.75) is 38.8 Å². The summed E-state index contributed by atoms with van der Waals surface area (Å²) in [7, 11) is 0. The van der Waals surface area contributed by atoms with Crippen molar-refractivity contribution in [3.63, 3.8) is 0 Å². The lowest BCUT2D eigenvalue weighted by Crippen LogP contribution is -2.41. The molecular formula is C32H29Cl2FN8O. The maximum absolute atomic E-state index is 13.8. The van der Waals surface area contributed by atoms with Gasteiger partial charge in [-0.1, -0.05) is 35.3 Å². The molecule has 1 aromatic heterocycles. The van der Waals surface area contributed by atoms with Gasteiger partial charge >= 0.3 is 0 Å². The molecule has 0 saturated carbocycles. The molecule has 0 bridgehead atoms. The summed E-state index contributed by atoms with van der Waals surface area (Å²) < 4.78 is 13.8. The van der Waals surface area contributed by atoms with Crippen molar-refractivity contribution in [1.29, 1.82) is 5.26 Å². The smallest absolute Gasteiger partial charge is 0.227 e. The highest BCUT2D eigenvalue weighted by atomic mass is 35.5. The summed E-state index contributed by atoms with van der Waals surface area (Å²) in [5.41, 5.74) is 11.5. The molecule has 1 saturated heterocycles. The molecule has 4 aromatic rings.